The molecule has 5 aromatic carbocycles. The van der Waals surface area contributed by atoms with E-state index in [9.17, 15) is 9.90 Å². The van der Waals surface area contributed by atoms with E-state index >= 15 is 0 Å². The third-order valence-electron chi connectivity index (χ3n) is 16.5. The molecule has 2 saturated heterocycles. The Morgan fingerprint density at radius 1 is 0.588 bits per heavy atom. The van der Waals surface area contributed by atoms with Gasteiger partial charge in [-0.15, -0.1) is 0 Å². The standard InChI is InChI=1S/C66H92O17Si2/c1-63(2,3)84(16,17)77-34-33-47(83-85(18,19)64(4,5)6)43-25-30-51(53(35-43)70-12)80-61(62(68)73-15)58(67)44-26-31-49(54(36-44)71-13)78-57-41-76-66(9,10)82-60(57)46-28-32-50(55(38-46)72-14)79-56-40-75-65(7,8)81-59(56)45-27-29-48(52(37-45)69-11)74-39-42-23-21-20-22-24-42/h20-32,35-38,47,56-61,67H,33-34,39-41H2,1-19H3/t47?,56-,57-,58+,59+,60+,61-/m1/s1. The number of benzene rings is 5. The van der Waals surface area contributed by atoms with Crippen molar-refractivity contribution in [2.45, 2.75) is 173 Å². The third kappa shape index (κ3) is 16.6. The quantitative estimate of drug-likeness (QED) is 0.0431. The second-order valence-corrected chi connectivity index (χ2v) is 35.1. The summed E-state index contributed by atoms with van der Waals surface area (Å²) in [7, 11) is 3.12. The Hall–Kier alpha value is -5.88. The highest BCUT2D eigenvalue weighted by Gasteiger charge is 2.44. The molecule has 0 aromatic heterocycles. The van der Waals surface area contributed by atoms with E-state index in [2.05, 4.69) is 67.7 Å². The maximum atomic E-state index is 13.6. The summed E-state index contributed by atoms with van der Waals surface area (Å²) >= 11 is 0. The van der Waals surface area contributed by atoms with Crippen molar-refractivity contribution in [1.29, 1.82) is 0 Å². The van der Waals surface area contributed by atoms with Crippen LogP contribution in [0.3, 0.4) is 0 Å². The first kappa shape index (κ1) is 66.6. The molecule has 0 radical (unpaired) electrons. The number of hydrogen-bond acceptors (Lipinski definition) is 17. The Morgan fingerprint density at radius 2 is 1.05 bits per heavy atom. The first-order chi connectivity index (χ1) is 39.9. The summed E-state index contributed by atoms with van der Waals surface area (Å²) in [6.45, 7) is 30.9. The van der Waals surface area contributed by atoms with E-state index in [0.717, 1.165) is 22.3 Å². The number of carbonyl (C=O) groups is 1. The predicted octanol–water partition coefficient (Wildman–Crippen LogP) is 14.0. The van der Waals surface area contributed by atoms with Crippen LogP contribution in [0.5, 0.6) is 46.0 Å². The van der Waals surface area contributed by atoms with Gasteiger partial charge in [0.2, 0.25) is 6.10 Å². The van der Waals surface area contributed by atoms with Crippen LogP contribution in [0.4, 0.5) is 0 Å². The minimum atomic E-state index is -2.27. The normalized spacial score (nSPS) is 20.0. The summed E-state index contributed by atoms with van der Waals surface area (Å²) in [5.74, 6) is 0.476. The van der Waals surface area contributed by atoms with Crippen LogP contribution in [-0.4, -0.2) is 113 Å². The van der Waals surface area contributed by atoms with E-state index in [4.69, 9.17) is 70.4 Å². The molecule has 0 spiro atoms. The van der Waals surface area contributed by atoms with Crippen LogP contribution in [0.1, 0.15) is 128 Å². The third-order valence-corrected chi connectivity index (χ3v) is 25.5. The number of aliphatic hydroxyl groups excluding tert-OH is 1. The molecular weight excluding hydrogens is 1120 g/mol. The monoisotopic (exact) mass is 1210 g/mol. The molecule has 2 aliphatic heterocycles. The summed E-state index contributed by atoms with van der Waals surface area (Å²) in [6.07, 6.45) is -5.32. The number of methoxy groups -OCH3 is 5. The van der Waals surface area contributed by atoms with Gasteiger partial charge in [0.15, 0.2) is 86.4 Å². The Morgan fingerprint density at radius 3 is 1.56 bits per heavy atom. The lowest BCUT2D eigenvalue weighted by atomic mass is 10.0. The lowest BCUT2D eigenvalue weighted by Gasteiger charge is -2.42. The van der Waals surface area contributed by atoms with E-state index in [-0.39, 0.29) is 46.5 Å². The van der Waals surface area contributed by atoms with Crippen LogP contribution in [0.25, 0.3) is 0 Å². The minimum absolute atomic E-state index is 0.0506. The number of carbonyl (C=O) groups excluding carboxylic acids is 1. The average molecular weight is 1210 g/mol. The predicted molar refractivity (Wildman–Crippen MR) is 329 cm³/mol. The lowest BCUT2D eigenvalue weighted by molar-refractivity contribution is -0.303. The topological polar surface area (TPSA) is 176 Å². The molecule has 0 saturated carbocycles. The summed E-state index contributed by atoms with van der Waals surface area (Å²) in [5.41, 5.74) is 3.73. The molecule has 19 heteroatoms. The van der Waals surface area contributed by atoms with E-state index in [0.29, 0.717) is 54.1 Å². The number of aliphatic hydroxyl groups is 1. The summed E-state index contributed by atoms with van der Waals surface area (Å²) in [4.78, 5) is 13.6. The highest BCUT2D eigenvalue weighted by molar-refractivity contribution is 6.74. The molecule has 1 unspecified atom stereocenters. The highest BCUT2D eigenvalue weighted by atomic mass is 28.4. The molecule has 2 heterocycles. The largest absolute Gasteiger partial charge is 0.493 e. The Balaban J connectivity index is 1.09. The minimum Gasteiger partial charge on any atom is -0.493 e. The molecule has 0 amide bonds. The van der Waals surface area contributed by atoms with Gasteiger partial charge in [0, 0.05) is 6.61 Å². The zero-order valence-corrected chi connectivity index (χ0v) is 55.4. The van der Waals surface area contributed by atoms with Crippen molar-refractivity contribution < 1.29 is 80.3 Å². The SMILES string of the molecule is COC(=O)[C@H](Oc1ccc(C(CCO[Si](C)(C)C(C)(C)C)O[Si](C)(C)C(C)(C)C)cc1OC)[C@@H](O)c1ccc(O[C@@H]2COC(C)(C)O[C@H]2c2ccc(O[C@@H]3COC(C)(C)O[C@H]3c3ccc(OCc4ccccc4)c(OC)c3)c(OC)c2)c(OC)c1. The maximum Gasteiger partial charge on any atom is 0.350 e. The Labute approximate surface area is 505 Å². The molecule has 0 bridgehead atoms. The van der Waals surface area contributed by atoms with Crippen molar-refractivity contribution in [3.8, 4) is 46.0 Å². The molecule has 7 rings (SSSR count). The zero-order valence-electron chi connectivity index (χ0n) is 53.4. The first-order valence-corrected chi connectivity index (χ1v) is 34.8. The molecular formula is C66H92O17Si2. The fraction of sp³-hybridized carbons (Fsp3) is 0.530. The van der Waals surface area contributed by atoms with Crippen LogP contribution in [0, 0.1) is 0 Å². The van der Waals surface area contributed by atoms with E-state index in [1.807, 2.05) is 107 Å². The molecule has 1 N–H and O–H groups in total. The highest BCUT2D eigenvalue weighted by Crippen LogP contribution is 2.46. The van der Waals surface area contributed by atoms with Gasteiger partial charge in [-0.3, -0.25) is 0 Å². The second-order valence-electron chi connectivity index (χ2n) is 25.5. The molecule has 2 aliphatic rings. The zero-order chi connectivity index (χ0) is 62.3. The molecule has 17 nitrogen and oxygen atoms in total. The lowest BCUT2D eigenvalue weighted by Crippen LogP contribution is -2.46. The Kier molecular flexibility index (Phi) is 21.5. The van der Waals surface area contributed by atoms with Gasteiger partial charge in [0.25, 0.3) is 0 Å². The molecule has 0 aliphatic carbocycles. The van der Waals surface area contributed by atoms with Crippen molar-refractivity contribution in [2.24, 2.45) is 0 Å². The first-order valence-electron chi connectivity index (χ1n) is 29.0. The molecule has 7 atom stereocenters. The van der Waals surface area contributed by atoms with E-state index < -0.39 is 70.8 Å². The Bertz CT molecular complexity index is 3010. The summed E-state index contributed by atoms with van der Waals surface area (Å²) in [5, 5.41) is 12.0. The van der Waals surface area contributed by atoms with Crippen molar-refractivity contribution in [2.75, 3.05) is 55.4 Å². The fourth-order valence-electron chi connectivity index (χ4n) is 9.41. The van der Waals surface area contributed by atoms with Crippen LogP contribution < -0.4 is 37.9 Å². The van der Waals surface area contributed by atoms with Gasteiger partial charge in [0.1, 0.15) is 24.9 Å². The average Bonchev–Trinajstić information content (AvgIpc) is 3.64. The van der Waals surface area contributed by atoms with Crippen molar-refractivity contribution in [3.05, 3.63) is 131 Å². The van der Waals surface area contributed by atoms with Crippen molar-refractivity contribution >= 4 is 22.6 Å². The second kappa shape index (κ2) is 27.4. The van der Waals surface area contributed by atoms with Gasteiger partial charge in [-0.1, -0.05) is 96.1 Å². The maximum absolute atomic E-state index is 13.6. The van der Waals surface area contributed by atoms with Crippen molar-refractivity contribution in [1.82, 2.24) is 0 Å². The van der Waals surface area contributed by atoms with Gasteiger partial charge in [-0.25, -0.2) is 4.79 Å². The van der Waals surface area contributed by atoms with Gasteiger partial charge in [-0.2, -0.15) is 0 Å². The fourth-order valence-corrected chi connectivity index (χ4v) is 11.8. The summed E-state index contributed by atoms with van der Waals surface area (Å²) in [6, 6.07) is 31.6. The van der Waals surface area contributed by atoms with Crippen LogP contribution >= 0.6 is 0 Å². The van der Waals surface area contributed by atoms with Crippen LogP contribution in [0.15, 0.2) is 103 Å². The van der Waals surface area contributed by atoms with Crippen LogP contribution in [0.2, 0.25) is 36.3 Å². The number of rotatable bonds is 25. The molecule has 2 fully saturated rings. The van der Waals surface area contributed by atoms with Gasteiger partial charge in [-0.05, 0) is 147 Å². The molecule has 85 heavy (non-hydrogen) atoms. The summed E-state index contributed by atoms with van der Waals surface area (Å²) < 4.78 is 93.9. The number of hydrogen-bond donors (Lipinski definition) is 1. The van der Waals surface area contributed by atoms with Gasteiger partial charge >= 0.3 is 5.97 Å². The smallest absolute Gasteiger partial charge is 0.350 e. The number of esters is 1. The van der Waals surface area contributed by atoms with Gasteiger partial charge in [0.05, 0.1) is 54.9 Å². The van der Waals surface area contributed by atoms with E-state index in [1.165, 1.54) is 21.3 Å². The van der Waals surface area contributed by atoms with Gasteiger partial charge < -0.3 is 75.5 Å². The van der Waals surface area contributed by atoms with E-state index in [1.54, 1.807) is 38.5 Å². The van der Waals surface area contributed by atoms with Crippen LogP contribution in [-0.2, 0) is 43.9 Å². The van der Waals surface area contributed by atoms with Crippen molar-refractivity contribution in [3.63, 3.8) is 0 Å². The molecule has 466 valence electrons. The molecule has 5 aromatic rings. The number of ether oxygens (including phenoxy) is 13.